The van der Waals surface area contributed by atoms with Crippen LogP contribution in [0.5, 0.6) is 0 Å². The van der Waals surface area contributed by atoms with Gasteiger partial charge in [0, 0.05) is 55.4 Å². The Morgan fingerprint density at radius 2 is 2.00 bits per heavy atom. The van der Waals surface area contributed by atoms with Crippen molar-refractivity contribution in [2.75, 3.05) is 12.4 Å². The summed E-state index contributed by atoms with van der Waals surface area (Å²) >= 11 is 0. The van der Waals surface area contributed by atoms with Crippen LogP contribution in [0.4, 0.5) is 10.2 Å². The van der Waals surface area contributed by atoms with Gasteiger partial charge in [0.15, 0.2) is 0 Å². The quantitative estimate of drug-likeness (QED) is 0.798. The van der Waals surface area contributed by atoms with E-state index in [-0.39, 0.29) is 5.82 Å². The van der Waals surface area contributed by atoms with Gasteiger partial charge in [0.05, 0.1) is 5.69 Å². The van der Waals surface area contributed by atoms with Crippen molar-refractivity contribution >= 4 is 17.5 Å². The zero-order chi connectivity index (χ0) is 16.5. The zero-order valence-electron chi connectivity index (χ0n) is 13.1. The molecule has 4 nitrogen and oxygen atoms in total. The maximum absolute atomic E-state index is 14.6. The minimum absolute atomic E-state index is 0.273. The lowest BCUT2D eigenvalue weighted by molar-refractivity contribution is 0.622. The number of hydrogen-bond donors (Lipinski definition) is 1. The van der Waals surface area contributed by atoms with Crippen molar-refractivity contribution in [3.05, 3.63) is 71.6 Å². The molecule has 0 radical (unpaired) electrons. The molecule has 3 heterocycles. The van der Waals surface area contributed by atoms with Crippen LogP contribution < -0.4 is 5.32 Å². The lowest BCUT2D eigenvalue weighted by atomic mass is 10.0. The summed E-state index contributed by atoms with van der Waals surface area (Å²) in [5.74, 6) is 0.489. The summed E-state index contributed by atoms with van der Waals surface area (Å²) in [6.45, 7) is 0. The van der Waals surface area contributed by atoms with Crippen LogP contribution in [0.3, 0.4) is 0 Å². The lowest BCUT2D eigenvalue weighted by Gasteiger charge is -2.07. The molecular weight excluding hydrogens is 303 g/mol. The van der Waals surface area contributed by atoms with Crippen molar-refractivity contribution in [1.82, 2.24) is 15.0 Å². The fraction of sp³-hybridized carbons (Fsp3) is 0.105. The van der Waals surface area contributed by atoms with Crippen molar-refractivity contribution in [3.63, 3.8) is 0 Å². The van der Waals surface area contributed by atoms with Crippen molar-refractivity contribution < 1.29 is 4.39 Å². The van der Waals surface area contributed by atoms with Crippen LogP contribution in [0.2, 0.25) is 0 Å². The average molecular weight is 318 g/mol. The molecule has 1 N–H and O–H groups in total. The van der Waals surface area contributed by atoms with Crippen LogP contribution in [0.25, 0.3) is 22.9 Å². The van der Waals surface area contributed by atoms with E-state index in [1.54, 1.807) is 25.6 Å². The predicted molar refractivity (Wildman–Crippen MR) is 92.8 cm³/mol. The van der Waals surface area contributed by atoms with Crippen molar-refractivity contribution in [1.29, 1.82) is 0 Å². The minimum atomic E-state index is -0.273. The number of rotatable bonds is 3. The van der Waals surface area contributed by atoms with E-state index < -0.39 is 0 Å². The summed E-state index contributed by atoms with van der Waals surface area (Å²) in [5, 5.41) is 2.95. The Hall–Kier alpha value is -3.08. The van der Waals surface area contributed by atoms with Gasteiger partial charge in [-0.2, -0.15) is 0 Å². The highest BCUT2D eigenvalue weighted by Gasteiger charge is 2.17. The Kier molecular flexibility index (Phi) is 3.54. The van der Waals surface area contributed by atoms with Gasteiger partial charge >= 0.3 is 0 Å². The van der Waals surface area contributed by atoms with Gasteiger partial charge in [-0.3, -0.25) is 9.97 Å². The highest BCUT2D eigenvalue weighted by Crippen LogP contribution is 2.32. The largest absolute Gasteiger partial charge is 0.373 e. The Morgan fingerprint density at radius 3 is 2.71 bits per heavy atom. The molecule has 4 rings (SSSR count). The summed E-state index contributed by atoms with van der Waals surface area (Å²) in [5.41, 5.74) is 5.03. The topological polar surface area (TPSA) is 50.7 Å². The van der Waals surface area contributed by atoms with Crippen LogP contribution in [0, 0.1) is 5.82 Å². The Bertz CT molecular complexity index is 932. The minimum Gasteiger partial charge on any atom is -0.373 e. The number of pyridine rings is 3. The molecule has 24 heavy (non-hydrogen) atoms. The molecule has 0 saturated carbocycles. The first-order chi connectivity index (χ1) is 11.7. The molecule has 0 aliphatic heterocycles. The number of nitrogens with zero attached hydrogens (tertiary/aromatic N) is 3. The molecule has 0 unspecified atom stereocenters. The summed E-state index contributed by atoms with van der Waals surface area (Å²) in [7, 11) is 1.80. The smallest absolute Gasteiger partial charge is 0.134 e. The van der Waals surface area contributed by atoms with E-state index in [9.17, 15) is 4.39 Å². The first-order valence-electron chi connectivity index (χ1n) is 7.68. The van der Waals surface area contributed by atoms with Crippen LogP contribution in [-0.4, -0.2) is 22.0 Å². The number of allylic oxidation sites excluding steroid dienone is 1. The van der Waals surface area contributed by atoms with E-state index in [4.69, 9.17) is 0 Å². The first-order valence-corrected chi connectivity index (χ1v) is 7.68. The molecule has 3 aromatic heterocycles. The van der Waals surface area contributed by atoms with Gasteiger partial charge in [0.25, 0.3) is 0 Å². The third-order valence-corrected chi connectivity index (χ3v) is 4.17. The second-order valence-corrected chi connectivity index (χ2v) is 5.65. The molecule has 0 atom stereocenters. The number of aromatic nitrogens is 3. The molecule has 0 saturated heterocycles. The van der Waals surface area contributed by atoms with Crippen LogP contribution in [0.1, 0.15) is 16.7 Å². The Balaban J connectivity index is 1.66. The zero-order valence-corrected chi connectivity index (χ0v) is 13.1. The summed E-state index contributed by atoms with van der Waals surface area (Å²) in [6, 6.07) is 7.12. The monoisotopic (exact) mass is 318 g/mol. The molecule has 0 fully saturated rings. The fourth-order valence-electron chi connectivity index (χ4n) is 2.86. The molecule has 5 heteroatoms. The fourth-order valence-corrected chi connectivity index (χ4v) is 2.86. The van der Waals surface area contributed by atoms with Gasteiger partial charge in [-0.05, 0) is 34.9 Å². The SMILES string of the molecule is CNc1ccc(-c2cc(F)c(C3=Cc4ccncc4C3)cn2)cn1. The van der Waals surface area contributed by atoms with Gasteiger partial charge in [0.2, 0.25) is 0 Å². The summed E-state index contributed by atoms with van der Waals surface area (Å²) in [6.07, 6.45) is 9.54. The standard InChI is InChI=1S/C19H15FN4/c1-21-19-3-2-13(10-24-19)18-8-17(20)16(11-23-18)14-6-12-4-5-22-9-15(12)7-14/h2-6,8-11H,7H2,1H3,(H,21,24). The van der Waals surface area contributed by atoms with Gasteiger partial charge in [0.1, 0.15) is 11.6 Å². The van der Waals surface area contributed by atoms with E-state index in [0.29, 0.717) is 17.7 Å². The molecule has 0 amide bonds. The summed E-state index contributed by atoms with van der Waals surface area (Å²) < 4.78 is 14.6. The van der Waals surface area contributed by atoms with E-state index >= 15 is 0 Å². The average Bonchev–Trinajstić information content (AvgIpc) is 3.05. The normalized spacial score (nSPS) is 12.7. The molecule has 0 spiro atoms. The van der Waals surface area contributed by atoms with Crippen LogP contribution >= 0.6 is 0 Å². The molecule has 1 aliphatic rings. The van der Waals surface area contributed by atoms with Gasteiger partial charge in [-0.15, -0.1) is 0 Å². The molecule has 0 bridgehead atoms. The Morgan fingerprint density at radius 1 is 1.08 bits per heavy atom. The third-order valence-electron chi connectivity index (χ3n) is 4.17. The van der Waals surface area contributed by atoms with Crippen LogP contribution in [-0.2, 0) is 6.42 Å². The van der Waals surface area contributed by atoms with E-state index in [2.05, 4.69) is 20.3 Å². The Labute approximate surface area is 139 Å². The van der Waals surface area contributed by atoms with Gasteiger partial charge < -0.3 is 5.32 Å². The highest BCUT2D eigenvalue weighted by molar-refractivity contribution is 5.88. The molecule has 118 valence electrons. The lowest BCUT2D eigenvalue weighted by Crippen LogP contribution is -1.96. The number of anilines is 1. The molecule has 3 aromatic rings. The first kappa shape index (κ1) is 14.5. The highest BCUT2D eigenvalue weighted by atomic mass is 19.1. The third kappa shape index (κ3) is 2.54. The molecule has 0 aromatic carbocycles. The number of fused-ring (bicyclic) bond motifs is 1. The van der Waals surface area contributed by atoms with Gasteiger partial charge in [-0.1, -0.05) is 6.08 Å². The predicted octanol–water partition coefficient (Wildman–Crippen LogP) is 3.82. The van der Waals surface area contributed by atoms with Crippen molar-refractivity contribution in [3.8, 4) is 11.3 Å². The number of halogens is 1. The van der Waals surface area contributed by atoms with Crippen molar-refractivity contribution in [2.45, 2.75) is 6.42 Å². The number of hydrogen-bond acceptors (Lipinski definition) is 4. The van der Waals surface area contributed by atoms with E-state index in [1.807, 2.05) is 30.5 Å². The molecular formula is C19H15FN4. The molecule has 1 aliphatic carbocycles. The second-order valence-electron chi connectivity index (χ2n) is 5.65. The van der Waals surface area contributed by atoms with Crippen LogP contribution in [0.15, 0.2) is 49.1 Å². The summed E-state index contributed by atoms with van der Waals surface area (Å²) in [4.78, 5) is 12.8. The number of nitrogens with one attached hydrogen (secondary N) is 1. The van der Waals surface area contributed by atoms with E-state index in [1.165, 1.54) is 6.07 Å². The maximum atomic E-state index is 14.6. The second kappa shape index (κ2) is 5.85. The maximum Gasteiger partial charge on any atom is 0.134 e. The van der Waals surface area contributed by atoms with E-state index in [0.717, 1.165) is 28.1 Å². The van der Waals surface area contributed by atoms with Crippen molar-refractivity contribution in [2.24, 2.45) is 0 Å². The van der Waals surface area contributed by atoms with Gasteiger partial charge in [-0.25, -0.2) is 9.37 Å².